The van der Waals surface area contributed by atoms with Gasteiger partial charge in [-0.2, -0.15) is 8.78 Å². The van der Waals surface area contributed by atoms with Gasteiger partial charge in [-0.1, -0.05) is 12.1 Å². The maximum absolute atomic E-state index is 12.8. The summed E-state index contributed by atoms with van der Waals surface area (Å²) in [5.74, 6) is 0.480. The fourth-order valence-corrected chi connectivity index (χ4v) is 2.37. The van der Waals surface area contributed by atoms with Crippen molar-refractivity contribution in [2.75, 3.05) is 13.7 Å². The standard InChI is InChI=1S/C18H22F2N4O4.HI/c1-3-26-13-6-4-5-11(15(13)28-17(19)20)9-23-18(22-2)24-10-12-7-8-14(27-12)16(21)25;/h4-8,17H,3,9-10H2,1-2H3,(H2,21,25)(H2,22,23,24);1H. The fraction of sp³-hybridized carbons (Fsp3) is 0.333. The van der Waals surface area contributed by atoms with Crippen LogP contribution in [0.4, 0.5) is 8.78 Å². The number of hydrogen-bond donors (Lipinski definition) is 3. The Morgan fingerprint density at radius 2 is 1.97 bits per heavy atom. The Kier molecular flexibility index (Phi) is 10.2. The summed E-state index contributed by atoms with van der Waals surface area (Å²) >= 11 is 0. The number of primary amides is 1. The van der Waals surface area contributed by atoms with Gasteiger partial charge in [-0.15, -0.1) is 24.0 Å². The number of guanidine groups is 1. The topological polar surface area (TPSA) is 111 Å². The van der Waals surface area contributed by atoms with Crippen LogP contribution < -0.4 is 25.8 Å². The second-order valence-corrected chi connectivity index (χ2v) is 5.47. The molecule has 0 unspecified atom stereocenters. The van der Waals surface area contributed by atoms with Gasteiger partial charge in [0.15, 0.2) is 23.2 Å². The van der Waals surface area contributed by atoms with E-state index >= 15 is 0 Å². The van der Waals surface area contributed by atoms with E-state index in [9.17, 15) is 13.6 Å². The molecular formula is C18H23F2IN4O4. The van der Waals surface area contributed by atoms with Crippen LogP contribution in [0.15, 0.2) is 39.7 Å². The molecule has 1 heterocycles. The van der Waals surface area contributed by atoms with Gasteiger partial charge < -0.3 is 30.3 Å². The molecule has 29 heavy (non-hydrogen) atoms. The summed E-state index contributed by atoms with van der Waals surface area (Å²) in [7, 11) is 1.56. The maximum Gasteiger partial charge on any atom is 0.387 e. The average Bonchev–Trinajstić information content (AvgIpc) is 3.13. The number of carbonyl (C=O) groups is 1. The van der Waals surface area contributed by atoms with Crippen molar-refractivity contribution < 1.29 is 27.5 Å². The molecule has 4 N–H and O–H groups in total. The van der Waals surface area contributed by atoms with E-state index in [1.165, 1.54) is 6.07 Å². The molecule has 0 bridgehead atoms. The number of benzene rings is 1. The van der Waals surface area contributed by atoms with Crippen LogP contribution in [0.1, 0.15) is 28.8 Å². The van der Waals surface area contributed by atoms with E-state index in [1.807, 2.05) is 0 Å². The number of alkyl halides is 2. The molecule has 0 saturated carbocycles. The number of aliphatic imine (C=N–C) groups is 1. The van der Waals surface area contributed by atoms with Gasteiger partial charge in [-0.05, 0) is 25.1 Å². The zero-order chi connectivity index (χ0) is 20.5. The predicted molar refractivity (Wildman–Crippen MR) is 114 cm³/mol. The molecule has 0 atom stereocenters. The number of furan rings is 1. The Labute approximate surface area is 183 Å². The molecule has 0 aliphatic carbocycles. The van der Waals surface area contributed by atoms with Gasteiger partial charge in [0.2, 0.25) is 0 Å². The fourth-order valence-electron chi connectivity index (χ4n) is 2.37. The number of nitrogens with two attached hydrogens (primary N) is 1. The third-order valence-electron chi connectivity index (χ3n) is 3.57. The third-order valence-corrected chi connectivity index (χ3v) is 3.57. The number of ether oxygens (including phenoxy) is 2. The minimum atomic E-state index is -2.98. The maximum atomic E-state index is 12.8. The van der Waals surface area contributed by atoms with E-state index in [1.54, 1.807) is 38.2 Å². The predicted octanol–water partition coefficient (Wildman–Crippen LogP) is 2.86. The van der Waals surface area contributed by atoms with Crippen molar-refractivity contribution in [1.82, 2.24) is 10.6 Å². The van der Waals surface area contributed by atoms with E-state index in [0.717, 1.165) is 0 Å². The smallest absolute Gasteiger partial charge is 0.387 e. The van der Waals surface area contributed by atoms with E-state index < -0.39 is 12.5 Å². The molecule has 0 fully saturated rings. The monoisotopic (exact) mass is 524 g/mol. The lowest BCUT2D eigenvalue weighted by Gasteiger charge is -2.17. The number of nitrogens with zero attached hydrogens (tertiary/aromatic N) is 1. The van der Waals surface area contributed by atoms with Gasteiger partial charge in [-0.25, -0.2) is 0 Å². The zero-order valence-electron chi connectivity index (χ0n) is 15.9. The SMILES string of the molecule is CCOc1cccc(CNC(=NC)NCc2ccc(C(N)=O)o2)c1OC(F)F.I. The van der Waals surface area contributed by atoms with Crippen LogP contribution in [-0.4, -0.2) is 32.1 Å². The largest absolute Gasteiger partial charge is 0.490 e. The van der Waals surface area contributed by atoms with Crippen LogP contribution in [0.3, 0.4) is 0 Å². The molecule has 2 aromatic rings. The van der Waals surface area contributed by atoms with E-state index in [4.69, 9.17) is 14.9 Å². The molecule has 11 heteroatoms. The summed E-state index contributed by atoms with van der Waals surface area (Å²) < 4.78 is 40.8. The Bertz CT molecular complexity index is 830. The highest BCUT2D eigenvalue weighted by molar-refractivity contribution is 14.0. The lowest BCUT2D eigenvalue weighted by molar-refractivity contribution is -0.0520. The molecule has 0 spiro atoms. The van der Waals surface area contributed by atoms with E-state index in [2.05, 4.69) is 20.4 Å². The van der Waals surface area contributed by atoms with Gasteiger partial charge in [0, 0.05) is 19.2 Å². The lowest BCUT2D eigenvalue weighted by Crippen LogP contribution is -2.36. The van der Waals surface area contributed by atoms with Crippen molar-refractivity contribution in [2.45, 2.75) is 26.6 Å². The first kappa shape index (κ1) is 24.5. The van der Waals surface area contributed by atoms with Gasteiger partial charge in [-0.3, -0.25) is 9.79 Å². The van der Waals surface area contributed by atoms with Crippen LogP contribution in [0, 0.1) is 0 Å². The first-order valence-corrected chi connectivity index (χ1v) is 8.47. The molecule has 0 aliphatic heterocycles. The van der Waals surface area contributed by atoms with Crippen molar-refractivity contribution in [3.8, 4) is 11.5 Å². The molecule has 0 aliphatic rings. The number of para-hydroxylation sites is 1. The number of nitrogens with one attached hydrogen (secondary N) is 2. The first-order chi connectivity index (χ1) is 13.4. The highest BCUT2D eigenvalue weighted by atomic mass is 127. The van der Waals surface area contributed by atoms with Gasteiger partial charge in [0.1, 0.15) is 5.76 Å². The van der Waals surface area contributed by atoms with Crippen molar-refractivity contribution in [2.24, 2.45) is 10.7 Å². The average molecular weight is 524 g/mol. The summed E-state index contributed by atoms with van der Waals surface area (Å²) in [5, 5.41) is 5.97. The van der Waals surface area contributed by atoms with Crippen LogP contribution in [-0.2, 0) is 13.1 Å². The molecular weight excluding hydrogens is 501 g/mol. The van der Waals surface area contributed by atoms with Crippen LogP contribution in [0.25, 0.3) is 0 Å². The summed E-state index contributed by atoms with van der Waals surface area (Å²) in [6.45, 7) is -0.507. The van der Waals surface area contributed by atoms with Crippen molar-refractivity contribution in [1.29, 1.82) is 0 Å². The molecule has 0 radical (unpaired) electrons. The summed E-state index contributed by atoms with van der Waals surface area (Å²) in [4.78, 5) is 15.1. The van der Waals surface area contributed by atoms with Crippen molar-refractivity contribution in [3.63, 3.8) is 0 Å². The van der Waals surface area contributed by atoms with Crippen molar-refractivity contribution in [3.05, 3.63) is 47.4 Å². The molecule has 1 aromatic carbocycles. The number of rotatable bonds is 9. The molecule has 0 saturated heterocycles. The molecule has 2 rings (SSSR count). The first-order valence-electron chi connectivity index (χ1n) is 8.47. The minimum Gasteiger partial charge on any atom is -0.490 e. The Morgan fingerprint density at radius 3 is 2.55 bits per heavy atom. The van der Waals surface area contributed by atoms with E-state index in [-0.39, 0.29) is 54.3 Å². The van der Waals surface area contributed by atoms with E-state index in [0.29, 0.717) is 23.9 Å². The summed E-state index contributed by atoms with van der Waals surface area (Å²) in [6, 6.07) is 7.98. The van der Waals surface area contributed by atoms with Gasteiger partial charge in [0.25, 0.3) is 5.91 Å². The molecule has 8 nitrogen and oxygen atoms in total. The van der Waals surface area contributed by atoms with Crippen LogP contribution >= 0.6 is 24.0 Å². The zero-order valence-corrected chi connectivity index (χ0v) is 18.2. The highest BCUT2D eigenvalue weighted by Crippen LogP contribution is 2.32. The van der Waals surface area contributed by atoms with Gasteiger partial charge >= 0.3 is 6.61 Å². The number of halogens is 3. The second kappa shape index (κ2) is 12.1. The minimum absolute atomic E-state index is 0. The quantitative estimate of drug-likeness (QED) is 0.265. The van der Waals surface area contributed by atoms with Crippen molar-refractivity contribution >= 4 is 35.8 Å². The Hall–Kier alpha value is -2.57. The summed E-state index contributed by atoms with van der Waals surface area (Å²) in [5.41, 5.74) is 5.61. The second-order valence-electron chi connectivity index (χ2n) is 5.47. The highest BCUT2D eigenvalue weighted by Gasteiger charge is 2.16. The Morgan fingerprint density at radius 1 is 1.24 bits per heavy atom. The molecule has 1 amide bonds. The third kappa shape index (κ3) is 7.40. The lowest BCUT2D eigenvalue weighted by atomic mass is 10.2. The van der Waals surface area contributed by atoms with Crippen LogP contribution in [0.5, 0.6) is 11.5 Å². The molecule has 160 valence electrons. The summed E-state index contributed by atoms with van der Waals surface area (Å²) in [6.07, 6.45) is 0. The normalized spacial score (nSPS) is 11.0. The number of carbonyl (C=O) groups excluding carboxylic acids is 1. The molecule has 1 aromatic heterocycles. The Balaban J connectivity index is 0.00000420. The van der Waals surface area contributed by atoms with Gasteiger partial charge in [0.05, 0.1) is 13.2 Å². The number of hydrogen-bond acceptors (Lipinski definition) is 5. The number of amides is 1. The van der Waals surface area contributed by atoms with Crippen LogP contribution in [0.2, 0.25) is 0 Å².